The molecule has 0 radical (unpaired) electrons. The van der Waals surface area contributed by atoms with Crippen molar-refractivity contribution in [2.75, 3.05) is 50.8 Å². The standard InChI is InChI=1S/C23H34FN3O3/c1-2-17-30-21-10-9-19(24)18-20(21)26-15-13-25(14-16-26)11-4-3-5-12-27-22(28)7-6-8-23(27)29/h9-10,18H,2-8,11-17H2,1H3. The van der Waals surface area contributed by atoms with E-state index in [1.807, 2.05) is 0 Å². The molecule has 2 aliphatic rings. The molecule has 2 fully saturated rings. The number of hydrogen-bond donors (Lipinski definition) is 0. The van der Waals surface area contributed by atoms with Crippen molar-refractivity contribution < 1.29 is 18.7 Å². The number of unbranched alkanes of at least 4 members (excludes halogenated alkanes) is 2. The molecular weight excluding hydrogens is 385 g/mol. The molecule has 7 heteroatoms. The summed E-state index contributed by atoms with van der Waals surface area (Å²) in [5, 5.41) is 0. The lowest BCUT2D eigenvalue weighted by Crippen LogP contribution is -2.46. The number of carbonyl (C=O) groups is 2. The number of piperazine rings is 1. The molecule has 3 rings (SSSR count). The fourth-order valence-electron chi connectivity index (χ4n) is 4.12. The summed E-state index contributed by atoms with van der Waals surface area (Å²) in [7, 11) is 0. The number of anilines is 1. The Balaban J connectivity index is 1.37. The number of carbonyl (C=O) groups excluding carboxylic acids is 2. The zero-order valence-corrected chi connectivity index (χ0v) is 18.1. The number of amides is 2. The van der Waals surface area contributed by atoms with Gasteiger partial charge in [-0.15, -0.1) is 0 Å². The maximum atomic E-state index is 13.8. The van der Waals surface area contributed by atoms with Crippen LogP contribution in [-0.4, -0.2) is 67.5 Å². The van der Waals surface area contributed by atoms with Crippen LogP contribution in [0.25, 0.3) is 0 Å². The van der Waals surface area contributed by atoms with E-state index in [1.54, 1.807) is 12.1 Å². The maximum Gasteiger partial charge on any atom is 0.229 e. The second-order valence-corrected chi connectivity index (χ2v) is 8.14. The second kappa shape index (κ2) is 11.3. The van der Waals surface area contributed by atoms with Crippen molar-refractivity contribution >= 4 is 17.5 Å². The Kier molecular flexibility index (Phi) is 8.49. The van der Waals surface area contributed by atoms with Gasteiger partial charge in [-0.05, 0) is 44.4 Å². The molecule has 2 amide bonds. The van der Waals surface area contributed by atoms with E-state index >= 15 is 0 Å². The second-order valence-electron chi connectivity index (χ2n) is 8.14. The highest BCUT2D eigenvalue weighted by molar-refractivity contribution is 5.97. The molecule has 0 unspecified atom stereocenters. The topological polar surface area (TPSA) is 53.1 Å². The summed E-state index contributed by atoms with van der Waals surface area (Å²) in [5.41, 5.74) is 0.846. The molecule has 2 heterocycles. The SMILES string of the molecule is CCCOc1ccc(F)cc1N1CCN(CCCCCN2C(=O)CCCC2=O)CC1. The molecule has 0 atom stereocenters. The maximum absolute atomic E-state index is 13.8. The van der Waals surface area contributed by atoms with Crippen LogP contribution in [0.1, 0.15) is 51.9 Å². The van der Waals surface area contributed by atoms with Gasteiger partial charge < -0.3 is 9.64 Å². The highest BCUT2D eigenvalue weighted by atomic mass is 19.1. The Hall–Kier alpha value is -2.15. The van der Waals surface area contributed by atoms with Crippen LogP contribution in [0.15, 0.2) is 18.2 Å². The third-order valence-electron chi connectivity index (χ3n) is 5.84. The zero-order valence-electron chi connectivity index (χ0n) is 18.1. The monoisotopic (exact) mass is 419 g/mol. The number of nitrogens with zero attached hydrogens (tertiary/aromatic N) is 3. The Bertz CT molecular complexity index is 704. The molecule has 0 N–H and O–H groups in total. The molecule has 0 spiro atoms. The lowest BCUT2D eigenvalue weighted by molar-refractivity contribution is -0.148. The van der Waals surface area contributed by atoms with Gasteiger partial charge >= 0.3 is 0 Å². The third-order valence-corrected chi connectivity index (χ3v) is 5.84. The first-order chi connectivity index (χ1) is 14.6. The molecule has 0 aromatic heterocycles. The molecule has 6 nitrogen and oxygen atoms in total. The summed E-state index contributed by atoms with van der Waals surface area (Å²) in [6.07, 6.45) is 5.57. The van der Waals surface area contributed by atoms with Crippen LogP contribution in [0.5, 0.6) is 5.75 Å². The zero-order chi connectivity index (χ0) is 21.3. The number of piperidine rings is 1. The van der Waals surface area contributed by atoms with Crippen molar-refractivity contribution in [3.05, 3.63) is 24.0 Å². The van der Waals surface area contributed by atoms with Gasteiger partial charge in [0.05, 0.1) is 12.3 Å². The van der Waals surface area contributed by atoms with Crippen molar-refractivity contribution in [2.45, 2.75) is 51.9 Å². The quantitative estimate of drug-likeness (QED) is 0.430. The fraction of sp³-hybridized carbons (Fsp3) is 0.652. The highest BCUT2D eigenvalue weighted by Crippen LogP contribution is 2.30. The number of benzene rings is 1. The average molecular weight is 420 g/mol. The normalized spacial score (nSPS) is 18.2. The summed E-state index contributed by atoms with van der Waals surface area (Å²) < 4.78 is 19.6. The minimum absolute atomic E-state index is 0.0120. The van der Waals surface area contributed by atoms with E-state index in [0.29, 0.717) is 32.4 Å². The number of ether oxygens (including phenoxy) is 1. The van der Waals surface area contributed by atoms with E-state index in [-0.39, 0.29) is 17.6 Å². The van der Waals surface area contributed by atoms with Crippen LogP contribution in [0.2, 0.25) is 0 Å². The molecule has 2 saturated heterocycles. The number of rotatable bonds is 10. The third kappa shape index (κ3) is 6.17. The smallest absolute Gasteiger partial charge is 0.229 e. The minimum atomic E-state index is -0.234. The van der Waals surface area contributed by atoms with E-state index in [9.17, 15) is 14.0 Å². The van der Waals surface area contributed by atoms with Crippen LogP contribution in [0.4, 0.5) is 10.1 Å². The van der Waals surface area contributed by atoms with Gasteiger partial charge in [-0.1, -0.05) is 13.3 Å². The van der Waals surface area contributed by atoms with Crippen LogP contribution in [-0.2, 0) is 9.59 Å². The Morgan fingerprint density at radius 2 is 1.67 bits per heavy atom. The first-order valence-electron chi connectivity index (χ1n) is 11.3. The number of halogens is 1. The van der Waals surface area contributed by atoms with Gasteiger partial charge in [0.25, 0.3) is 0 Å². The summed E-state index contributed by atoms with van der Waals surface area (Å²) in [5.74, 6) is 0.500. The average Bonchev–Trinajstić information content (AvgIpc) is 2.75. The van der Waals surface area contributed by atoms with E-state index in [0.717, 1.165) is 69.8 Å². The number of imide groups is 1. The van der Waals surface area contributed by atoms with Crippen LogP contribution in [0, 0.1) is 5.82 Å². The molecule has 2 aliphatic heterocycles. The summed E-state index contributed by atoms with van der Waals surface area (Å²) >= 11 is 0. The number of hydrogen-bond acceptors (Lipinski definition) is 5. The Labute approximate surface area is 179 Å². The lowest BCUT2D eigenvalue weighted by atomic mass is 10.1. The molecule has 0 aliphatic carbocycles. The first-order valence-corrected chi connectivity index (χ1v) is 11.3. The van der Waals surface area contributed by atoms with E-state index < -0.39 is 0 Å². The van der Waals surface area contributed by atoms with Crippen molar-refractivity contribution in [1.82, 2.24) is 9.80 Å². The van der Waals surface area contributed by atoms with Crippen molar-refractivity contribution in [3.63, 3.8) is 0 Å². The van der Waals surface area contributed by atoms with Gasteiger partial charge in [0.2, 0.25) is 11.8 Å². The Morgan fingerprint density at radius 1 is 0.967 bits per heavy atom. The highest BCUT2D eigenvalue weighted by Gasteiger charge is 2.25. The van der Waals surface area contributed by atoms with Gasteiger partial charge in [-0.3, -0.25) is 19.4 Å². The predicted molar refractivity (Wildman–Crippen MR) is 115 cm³/mol. The van der Waals surface area contributed by atoms with Crippen molar-refractivity contribution in [3.8, 4) is 5.75 Å². The molecule has 0 bridgehead atoms. The molecule has 30 heavy (non-hydrogen) atoms. The van der Waals surface area contributed by atoms with E-state index in [1.165, 1.54) is 11.0 Å². The summed E-state index contributed by atoms with van der Waals surface area (Å²) in [6.45, 7) is 7.84. The summed E-state index contributed by atoms with van der Waals surface area (Å²) in [6, 6.07) is 4.75. The molecule has 0 saturated carbocycles. The predicted octanol–water partition coefficient (Wildman–Crippen LogP) is 3.45. The summed E-state index contributed by atoms with van der Waals surface area (Å²) in [4.78, 5) is 29.7. The van der Waals surface area contributed by atoms with Crippen molar-refractivity contribution in [1.29, 1.82) is 0 Å². The number of likely N-dealkylation sites (tertiary alicyclic amines) is 1. The molecular formula is C23H34FN3O3. The van der Waals surface area contributed by atoms with Gasteiger partial charge in [0.1, 0.15) is 11.6 Å². The Morgan fingerprint density at radius 3 is 2.37 bits per heavy atom. The molecule has 166 valence electrons. The van der Waals surface area contributed by atoms with Gasteiger partial charge in [0, 0.05) is 51.6 Å². The fourth-order valence-corrected chi connectivity index (χ4v) is 4.12. The first kappa shape index (κ1) is 22.5. The van der Waals surface area contributed by atoms with Crippen LogP contribution >= 0.6 is 0 Å². The van der Waals surface area contributed by atoms with E-state index in [4.69, 9.17) is 4.74 Å². The lowest BCUT2D eigenvalue weighted by Gasteiger charge is -2.36. The van der Waals surface area contributed by atoms with Gasteiger partial charge in [-0.2, -0.15) is 0 Å². The molecule has 1 aromatic carbocycles. The van der Waals surface area contributed by atoms with Gasteiger partial charge in [0.15, 0.2) is 0 Å². The molecule has 1 aromatic rings. The minimum Gasteiger partial charge on any atom is -0.491 e. The van der Waals surface area contributed by atoms with E-state index in [2.05, 4.69) is 16.7 Å². The largest absolute Gasteiger partial charge is 0.491 e. The van der Waals surface area contributed by atoms with Crippen molar-refractivity contribution in [2.24, 2.45) is 0 Å². The van der Waals surface area contributed by atoms with Crippen LogP contribution < -0.4 is 9.64 Å². The van der Waals surface area contributed by atoms with Crippen LogP contribution in [0.3, 0.4) is 0 Å². The van der Waals surface area contributed by atoms with Gasteiger partial charge in [-0.25, -0.2) is 4.39 Å².